The molecule has 0 fully saturated rings. The summed E-state index contributed by atoms with van der Waals surface area (Å²) >= 11 is 0. The van der Waals surface area contributed by atoms with E-state index in [9.17, 15) is 9.50 Å². The standard InChI is InChI=1S/C21H28FN3O3/c1-4-17(28-18-10-7-9-16(22)12-18)14-25-21(23-5-2)24-13-15-8-6-11-19(27-3)20(15)26/h6-12,17,26H,4-5,13-14H2,1-3H3,(H2,23,24,25). The molecule has 2 aromatic rings. The molecule has 0 bridgehead atoms. The van der Waals surface area contributed by atoms with Crippen LogP contribution in [0.5, 0.6) is 17.2 Å². The van der Waals surface area contributed by atoms with Gasteiger partial charge in [-0.15, -0.1) is 0 Å². The average Bonchev–Trinajstić information content (AvgIpc) is 2.70. The first-order chi connectivity index (χ1) is 13.6. The summed E-state index contributed by atoms with van der Waals surface area (Å²) in [5.41, 5.74) is 0.666. The van der Waals surface area contributed by atoms with E-state index in [2.05, 4.69) is 15.6 Å². The molecule has 0 aromatic heterocycles. The van der Waals surface area contributed by atoms with Crippen LogP contribution >= 0.6 is 0 Å². The number of nitrogens with zero attached hydrogens (tertiary/aromatic N) is 1. The van der Waals surface area contributed by atoms with Crippen molar-refractivity contribution < 1.29 is 19.0 Å². The summed E-state index contributed by atoms with van der Waals surface area (Å²) in [5.74, 6) is 1.28. The summed E-state index contributed by atoms with van der Waals surface area (Å²) in [6, 6.07) is 11.4. The first-order valence-corrected chi connectivity index (χ1v) is 9.36. The average molecular weight is 389 g/mol. The molecule has 1 unspecified atom stereocenters. The topological polar surface area (TPSA) is 75.1 Å². The van der Waals surface area contributed by atoms with Crippen LogP contribution in [-0.2, 0) is 6.54 Å². The molecule has 3 N–H and O–H groups in total. The minimum atomic E-state index is -0.326. The fourth-order valence-electron chi connectivity index (χ4n) is 2.58. The Morgan fingerprint density at radius 1 is 1.18 bits per heavy atom. The van der Waals surface area contributed by atoms with Gasteiger partial charge in [-0.05, 0) is 31.5 Å². The van der Waals surface area contributed by atoms with Gasteiger partial charge in [0.25, 0.3) is 0 Å². The number of phenols is 1. The lowest BCUT2D eigenvalue weighted by Gasteiger charge is -2.20. The van der Waals surface area contributed by atoms with Crippen molar-refractivity contribution in [2.24, 2.45) is 4.99 Å². The molecule has 0 aliphatic carbocycles. The van der Waals surface area contributed by atoms with Gasteiger partial charge in [-0.25, -0.2) is 9.38 Å². The molecule has 0 aliphatic heterocycles. The molecule has 2 aromatic carbocycles. The first-order valence-electron chi connectivity index (χ1n) is 9.36. The third-order valence-electron chi connectivity index (χ3n) is 4.11. The number of halogens is 1. The highest BCUT2D eigenvalue weighted by atomic mass is 19.1. The predicted molar refractivity (Wildman–Crippen MR) is 109 cm³/mol. The Hall–Kier alpha value is -2.96. The number of hydrogen-bond donors (Lipinski definition) is 3. The minimum absolute atomic E-state index is 0.0884. The van der Waals surface area contributed by atoms with E-state index in [-0.39, 0.29) is 17.7 Å². The van der Waals surface area contributed by atoms with Gasteiger partial charge in [0, 0.05) is 18.2 Å². The highest BCUT2D eigenvalue weighted by Gasteiger charge is 2.11. The molecular weight excluding hydrogens is 361 g/mol. The van der Waals surface area contributed by atoms with E-state index in [0.717, 1.165) is 6.42 Å². The summed E-state index contributed by atoms with van der Waals surface area (Å²) in [5, 5.41) is 16.6. The van der Waals surface area contributed by atoms with Gasteiger partial charge >= 0.3 is 0 Å². The maximum atomic E-state index is 13.3. The Balaban J connectivity index is 2.00. The molecular formula is C21H28FN3O3. The zero-order valence-electron chi connectivity index (χ0n) is 16.5. The number of rotatable bonds is 9. The van der Waals surface area contributed by atoms with E-state index in [1.54, 1.807) is 24.3 Å². The summed E-state index contributed by atoms with van der Waals surface area (Å²) < 4.78 is 24.3. The largest absolute Gasteiger partial charge is 0.504 e. The normalized spacial score (nSPS) is 12.4. The second-order valence-electron chi connectivity index (χ2n) is 6.15. The van der Waals surface area contributed by atoms with Gasteiger partial charge < -0.3 is 25.2 Å². The van der Waals surface area contributed by atoms with Crippen molar-refractivity contribution >= 4 is 5.96 Å². The van der Waals surface area contributed by atoms with Crippen LogP contribution in [0, 0.1) is 5.82 Å². The van der Waals surface area contributed by atoms with Crippen LogP contribution in [-0.4, -0.2) is 37.4 Å². The van der Waals surface area contributed by atoms with E-state index in [0.29, 0.717) is 42.7 Å². The van der Waals surface area contributed by atoms with Gasteiger partial charge in [0.15, 0.2) is 17.5 Å². The molecule has 0 saturated carbocycles. The first kappa shape index (κ1) is 21.3. The van der Waals surface area contributed by atoms with Crippen molar-refractivity contribution in [3.8, 4) is 17.2 Å². The lowest BCUT2D eigenvalue weighted by molar-refractivity contribution is 0.198. The SMILES string of the molecule is CCNC(=NCc1cccc(OC)c1O)NCC(CC)Oc1cccc(F)c1. The van der Waals surface area contributed by atoms with Crippen LogP contribution in [0.4, 0.5) is 4.39 Å². The number of para-hydroxylation sites is 1. The van der Waals surface area contributed by atoms with Crippen LogP contribution in [0.25, 0.3) is 0 Å². The maximum Gasteiger partial charge on any atom is 0.191 e. The van der Waals surface area contributed by atoms with Crippen LogP contribution in [0.3, 0.4) is 0 Å². The molecule has 0 aliphatic rings. The second kappa shape index (κ2) is 11.0. The van der Waals surface area contributed by atoms with E-state index in [1.807, 2.05) is 19.9 Å². The molecule has 6 nitrogen and oxygen atoms in total. The van der Waals surface area contributed by atoms with E-state index in [1.165, 1.54) is 19.2 Å². The van der Waals surface area contributed by atoms with Crippen LogP contribution in [0.15, 0.2) is 47.5 Å². The third-order valence-corrected chi connectivity index (χ3v) is 4.11. The number of guanidine groups is 1. The van der Waals surface area contributed by atoms with Gasteiger partial charge in [-0.3, -0.25) is 0 Å². The van der Waals surface area contributed by atoms with Crippen LogP contribution in [0.1, 0.15) is 25.8 Å². The van der Waals surface area contributed by atoms with Gasteiger partial charge in [0.05, 0.1) is 20.2 Å². The number of aromatic hydroxyl groups is 1. The predicted octanol–water partition coefficient (Wildman–Crippen LogP) is 3.45. The lowest BCUT2D eigenvalue weighted by Crippen LogP contribution is -2.42. The number of benzene rings is 2. The van der Waals surface area contributed by atoms with Gasteiger partial charge in [-0.1, -0.05) is 25.1 Å². The van der Waals surface area contributed by atoms with Crippen molar-refractivity contribution in [2.75, 3.05) is 20.2 Å². The van der Waals surface area contributed by atoms with E-state index in [4.69, 9.17) is 9.47 Å². The van der Waals surface area contributed by atoms with Crippen molar-refractivity contribution in [1.29, 1.82) is 0 Å². The second-order valence-corrected chi connectivity index (χ2v) is 6.15. The highest BCUT2D eigenvalue weighted by Crippen LogP contribution is 2.29. The number of aliphatic imine (C=N–C) groups is 1. The smallest absolute Gasteiger partial charge is 0.191 e. The zero-order valence-corrected chi connectivity index (χ0v) is 16.5. The molecule has 1 atom stereocenters. The molecule has 7 heteroatoms. The molecule has 0 spiro atoms. The molecule has 0 amide bonds. The van der Waals surface area contributed by atoms with Crippen molar-refractivity contribution in [3.05, 3.63) is 53.8 Å². The number of phenolic OH excluding ortho intramolecular Hbond substituents is 1. The number of ether oxygens (including phenoxy) is 2. The Labute approximate surface area is 165 Å². The fraction of sp³-hybridized carbons (Fsp3) is 0.381. The third kappa shape index (κ3) is 6.33. The Bertz CT molecular complexity index is 783. The van der Waals surface area contributed by atoms with Gasteiger partial charge in [0.1, 0.15) is 17.7 Å². The highest BCUT2D eigenvalue weighted by molar-refractivity contribution is 5.79. The van der Waals surface area contributed by atoms with Crippen LogP contribution in [0.2, 0.25) is 0 Å². The van der Waals surface area contributed by atoms with E-state index < -0.39 is 0 Å². The molecule has 0 heterocycles. The summed E-state index contributed by atoms with van der Waals surface area (Å²) in [4.78, 5) is 4.51. The number of methoxy groups -OCH3 is 1. The minimum Gasteiger partial charge on any atom is -0.504 e. The van der Waals surface area contributed by atoms with Gasteiger partial charge in [0.2, 0.25) is 0 Å². The fourth-order valence-corrected chi connectivity index (χ4v) is 2.58. The monoisotopic (exact) mass is 389 g/mol. The maximum absolute atomic E-state index is 13.3. The molecule has 0 radical (unpaired) electrons. The van der Waals surface area contributed by atoms with Crippen molar-refractivity contribution in [2.45, 2.75) is 32.9 Å². The summed E-state index contributed by atoms with van der Waals surface area (Å²) in [6.45, 7) is 5.46. The number of hydrogen-bond acceptors (Lipinski definition) is 4. The molecule has 0 saturated heterocycles. The van der Waals surface area contributed by atoms with Gasteiger partial charge in [-0.2, -0.15) is 0 Å². The lowest BCUT2D eigenvalue weighted by atomic mass is 10.2. The number of nitrogens with one attached hydrogen (secondary N) is 2. The molecule has 2 rings (SSSR count). The molecule has 152 valence electrons. The Kier molecular flexibility index (Phi) is 8.39. The Morgan fingerprint density at radius 2 is 1.96 bits per heavy atom. The zero-order chi connectivity index (χ0) is 20.4. The summed E-state index contributed by atoms with van der Waals surface area (Å²) in [7, 11) is 1.51. The van der Waals surface area contributed by atoms with E-state index >= 15 is 0 Å². The quantitative estimate of drug-likeness (QED) is 0.452. The van der Waals surface area contributed by atoms with Crippen molar-refractivity contribution in [3.63, 3.8) is 0 Å². The van der Waals surface area contributed by atoms with Crippen molar-refractivity contribution in [1.82, 2.24) is 10.6 Å². The summed E-state index contributed by atoms with van der Waals surface area (Å²) in [6.07, 6.45) is 0.607. The Morgan fingerprint density at radius 3 is 2.64 bits per heavy atom. The van der Waals surface area contributed by atoms with Crippen LogP contribution < -0.4 is 20.1 Å². The molecule has 28 heavy (non-hydrogen) atoms.